The smallest absolute Gasteiger partial charge is 0.397 e. The van der Waals surface area contributed by atoms with E-state index in [0.717, 1.165) is 57.8 Å². The van der Waals surface area contributed by atoms with Gasteiger partial charge < -0.3 is 34.3 Å². The molecule has 66 heavy (non-hydrogen) atoms. The normalized spacial score (nSPS) is 19.9. The Hall–Kier alpha value is -1.94. The molecule has 386 valence electrons. The van der Waals surface area contributed by atoms with E-state index in [1.807, 2.05) is 0 Å². The fourth-order valence-corrected chi connectivity index (χ4v) is 8.54. The van der Waals surface area contributed by atoms with Gasteiger partial charge in [0.2, 0.25) is 0 Å². The largest absolute Gasteiger partial charge is 0.457 e. The minimum absolute atomic E-state index is 0.000756. The predicted octanol–water partition coefficient (Wildman–Crippen LogP) is 12.3. The van der Waals surface area contributed by atoms with Crippen LogP contribution in [0.4, 0.5) is 0 Å². The highest BCUT2D eigenvalue weighted by molar-refractivity contribution is 7.80. The average molecular weight is 957 g/mol. The van der Waals surface area contributed by atoms with E-state index in [0.29, 0.717) is 13.0 Å². The number of hydrogen-bond donors (Lipinski definition) is 4. The highest BCUT2D eigenvalue weighted by Gasteiger charge is 2.48. The molecule has 0 saturated carbocycles. The monoisotopic (exact) mass is 957 g/mol. The Morgan fingerprint density at radius 3 is 1.47 bits per heavy atom. The topological polar surface area (TPSA) is 178 Å². The van der Waals surface area contributed by atoms with Crippen LogP contribution in [-0.4, -0.2) is 97.5 Å². The van der Waals surface area contributed by atoms with Gasteiger partial charge >= 0.3 is 16.4 Å². The summed E-state index contributed by atoms with van der Waals surface area (Å²) in [6.07, 6.45) is 46.0. The molecule has 6 atom stereocenters. The molecule has 0 aromatic heterocycles. The Bertz CT molecular complexity index is 1340. The van der Waals surface area contributed by atoms with Gasteiger partial charge in [0.05, 0.1) is 19.8 Å². The first kappa shape index (κ1) is 62.1. The molecular weight excluding hydrogens is 861 g/mol. The second-order valence-electron chi connectivity index (χ2n) is 18.1. The molecule has 4 N–H and O–H groups in total. The van der Waals surface area contributed by atoms with Crippen LogP contribution in [0.1, 0.15) is 219 Å². The van der Waals surface area contributed by atoms with Crippen LogP contribution in [0.2, 0.25) is 0 Å². The summed E-state index contributed by atoms with van der Waals surface area (Å²) >= 11 is 0. The summed E-state index contributed by atoms with van der Waals surface area (Å²) < 4.78 is 59.1. The van der Waals surface area contributed by atoms with Gasteiger partial charge in [0, 0.05) is 13.0 Å². The lowest BCUT2D eigenvalue weighted by Crippen LogP contribution is -2.60. The minimum atomic E-state index is -5.07. The number of carbonyl (C=O) groups excluding carboxylic acids is 1. The third kappa shape index (κ3) is 37.0. The minimum Gasteiger partial charge on any atom is -0.457 e. The molecule has 1 aliphatic rings. The number of unbranched alkanes of at least 4 members (excludes halogenated alkanes) is 25. The zero-order valence-corrected chi connectivity index (χ0v) is 42.3. The van der Waals surface area contributed by atoms with Crippen molar-refractivity contribution < 1.29 is 56.2 Å². The van der Waals surface area contributed by atoms with Crippen molar-refractivity contribution in [2.45, 2.75) is 256 Å². The Morgan fingerprint density at radius 1 is 0.591 bits per heavy atom. The first-order chi connectivity index (χ1) is 32.1. The molecule has 1 aliphatic heterocycles. The van der Waals surface area contributed by atoms with E-state index in [1.54, 1.807) is 0 Å². The molecule has 6 unspecified atom stereocenters. The number of carbonyl (C=O) groups is 1. The quantitative estimate of drug-likeness (QED) is 0.0197. The number of aliphatic hydroxyl groups excluding tert-OH is 3. The van der Waals surface area contributed by atoms with Crippen molar-refractivity contribution in [1.82, 2.24) is 0 Å². The lowest BCUT2D eigenvalue weighted by molar-refractivity contribution is -0.301. The van der Waals surface area contributed by atoms with Gasteiger partial charge in [-0.05, 0) is 44.9 Å². The molecule has 0 amide bonds. The molecule has 12 nitrogen and oxygen atoms in total. The lowest BCUT2D eigenvalue weighted by atomic mass is 9.99. The summed E-state index contributed by atoms with van der Waals surface area (Å²) in [5.41, 5.74) is 0. The maximum atomic E-state index is 12.9. The van der Waals surface area contributed by atoms with E-state index < -0.39 is 59.8 Å². The summed E-state index contributed by atoms with van der Waals surface area (Å²) in [5.74, 6) is -0.414. The molecular formula is C53H96O12S. The fourth-order valence-electron chi connectivity index (χ4n) is 8.03. The first-order valence-corrected chi connectivity index (χ1v) is 27.8. The van der Waals surface area contributed by atoms with E-state index in [-0.39, 0.29) is 19.6 Å². The number of hydrogen-bond acceptors (Lipinski definition) is 11. The molecule has 1 saturated heterocycles. The zero-order chi connectivity index (χ0) is 48.2. The molecule has 0 aromatic rings. The van der Waals surface area contributed by atoms with Crippen LogP contribution in [-0.2, 0) is 38.3 Å². The van der Waals surface area contributed by atoms with Crippen LogP contribution in [0.15, 0.2) is 48.6 Å². The Morgan fingerprint density at radius 2 is 1.03 bits per heavy atom. The van der Waals surface area contributed by atoms with Gasteiger partial charge in [-0.15, -0.1) is 0 Å². The fraction of sp³-hybridized carbons (Fsp3) is 0.830. The number of esters is 1. The molecule has 13 heteroatoms. The molecule has 0 aliphatic carbocycles. The second kappa shape index (κ2) is 44.3. The molecule has 1 fully saturated rings. The van der Waals surface area contributed by atoms with Crippen LogP contribution in [0, 0.1) is 0 Å². The Labute approximate surface area is 402 Å². The van der Waals surface area contributed by atoms with E-state index in [1.165, 1.54) is 135 Å². The number of ether oxygens (including phenoxy) is 4. The molecule has 1 heterocycles. The number of rotatable bonds is 46. The summed E-state index contributed by atoms with van der Waals surface area (Å²) in [5, 5.41) is 30.7. The summed E-state index contributed by atoms with van der Waals surface area (Å²) in [4.78, 5) is 12.9. The van der Waals surface area contributed by atoms with Gasteiger partial charge in [0.25, 0.3) is 0 Å². The van der Waals surface area contributed by atoms with Gasteiger partial charge in [0.1, 0.15) is 30.5 Å². The zero-order valence-electron chi connectivity index (χ0n) is 41.5. The maximum absolute atomic E-state index is 12.9. The van der Waals surface area contributed by atoms with Crippen molar-refractivity contribution in [3.05, 3.63) is 48.6 Å². The van der Waals surface area contributed by atoms with Crippen molar-refractivity contribution in [1.29, 1.82) is 0 Å². The van der Waals surface area contributed by atoms with Crippen molar-refractivity contribution in [3.63, 3.8) is 0 Å². The van der Waals surface area contributed by atoms with Crippen LogP contribution >= 0.6 is 0 Å². The third-order valence-electron chi connectivity index (χ3n) is 12.0. The first-order valence-electron chi connectivity index (χ1n) is 26.4. The van der Waals surface area contributed by atoms with Crippen molar-refractivity contribution in [2.75, 3.05) is 26.4 Å². The van der Waals surface area contributed by atoms with Gasteiger partial charge in [-0.25, -0.2) is 4.18 Å². The molecule has 0 aromatic carbocycles. The maximum Gasteiger partial charge on any atom is 0.397 e. The SMILES string of the molecule is CC/C=C\C/C=C\C/C=C\C/C=C\CCCOCC(COC1OC(CO)C(O)C(OS(=O)(=O)O)C1O)OC(=O)CCCCCCCCCCCCCCCCCCCCCCCCCCC. The summed E-state index contributed by atoms with van der Waals surface area (Å²) in [6.45, 7) is 3.76. The van der Waals surface area contributed by atoms with Crippen LogP contribution in [0.25, 0.3) is 0 Å². The van der Waals surface area contributed by atoms with Crippen LogP contribution in [0.5, 0.6) is 0 Å². The summed E-state index contributed by atoms with van der Waals surface area (Å²) in [7, 11) is -5.07. The van der Waals surface area contributed by atoms with Crippen molar-refractivity contribution in [2.24, 2.45) is 0 Å². The van der Waals surface area contributed by atoms with E-state index in [2.05, 4.69) is 66.6 Å². The Balaban J connectivity index is 2.31. The van der Waals surface area contributed by atoms with Gasteiger partial charge in [-0.2, -0.15) is 8.42 Å². The van der Waals surface area contributed by atoms with Crippen molar-refractivity contribution in [3.8, 4) is 0 Å². The third-order valence-corrected chi connectivity index (χ3v) is 12.4. The molecule has 1 rings (SSSR count). The molecule has 0 bridgehead atoms. The van der Waals surface area contributed by atoms with Crippen molar-refractivity contribution >= 4 is 16.4 Å². The van der Waals surface area contributed by atoms with Gasteiger partial charge in [-0.1, -0.05) is 217 Å². The van der Waals surface area contributed by atoms with E-state index >= 15 is 0 Å². The van der Waals surface area contributed by atoms with Gasteiger partial charge in [0.15, 0.2) is 6.29 Å². The number of allylic oxidation sites excluding steroid dienone is 8. The average Bonchev–Trinajstić information content (AvgIpc) is 3.29. The lowest BCUT2D eigenvalue weighted by Gasteiger charge is -2.41. The van der Waals surface area contributed by atoms with Crippen LogP contribution in [0.3, 0.4) is 0 Å². The second-order valence-corrected chi connectivity index (χ2v) is 19.1. The molecule has 0 radical (unpaired) electrons. The van der Waals surface area contributed by atoms with Crippen LogP contribution < -0.4 is 0 Å². The van der Waals surface area contributed by atoms with E-state index in [9.17, 15) is 33.1 Å². The predicted molar refractivity (Wildman–Crippen MR) is 266 cm³/mol. The highest BCUT2D eigenvalue weighted by Crippen LogP contribution is 2.26. The van der Waals surface area contributed by atoms with Gasteiger partial charge in [-0.3, -0.25) is 9.35 Å². The standard InChI is InChI=1S/C53H96O12S/c1-3-5-7-9-11-13-15-17-19-20-21-22-23-24-25-26-27-28-29-30-32-34-36-38-40-42-49(55)63-47(45-61-43-41-39-37-35-33-31-18-16-14-12-10-8-6-4-2)46-62-53-51(57)52(65-66(58,59)60)50(56)48(44-54)64-53/h6,8,12,14,18,31,35,37,47-48,50-54,56-57H,3-5,7,9-11,13,15-17,19-30,32-34,36,38-46H2,1-2H3,(H,58,59,60)/b8-6-,14-12-,31-18-,37-35-. The number of aliphatic hydroxyl groups is 3. The summed E-state index contributed by atoms with van der Waals surface area (Å²) in [6, 6.07) is 0. The highest BCUT2D eigenvalue weighted by atomic mass is 32.3. The molecule has 0 spiro atoms. The van der Waals surface area contributed by atoms with E-state index in [4.69, 9.17) is 18.9 Å². The Kier molecular flexibility index (Phi) is 41.6.